The summed E-state index contributed by atoms with van der Waals surface area (Å²) in [5.41, 5.74) is 0.633. The minimum absolute atomic E-state index is 0.00233. The highest BCUT2D eigenvalue weighted by molar-refractivity contribution is 7.15. The zero-order valence-electron chi connectivity index (χ0n) is 14.1. The molecule has 1 amide bonds. The van der Waals surface area contributed by atoms with Crippen LogP contribution in [0.15, 0.2) is 30.3 Å². The predicted molar refractivity (Wildman–Crippen MR) is 96.0 cm³/mol. The molecule has 0 bridgehead atoms. The summed E-state index contributed by atoms with van der Waals surface area (Å²) in [6.45, 7) is 6.76. The van der Waals surface area contributed by atoms with Gasteiger partial charge in [-0.3, -0.25) is 9.69 Å². The van der Waals surface area contributed by atoms with E-state index in [0.29, 0.717) is 5.13 Å². The fourth-order valence-electron chi connectivity index (χ4n) is 2.95. The van der Waals surface area contributed by atoms with Gasteiger partial charge in [-0.1, -0.05) is 37.3 Å². The normalized spacial score (nSPS) is 17.1. The molecular weight excluding hydrogens is 322 g/mol. The average Bonchev–Trinajstić information content (AvgIpc) is 2.96. The Morgan fingerprint density at radius 3 is 2.88 bits per heavy atom. The maximum absolute atomic E-state index is 12.3. The first-order valence-corrected chi connectivity index (χ1v) is 9.08. The molecule has 5 nitrogen and oxygen atoms in total. The molecular formula is C18H23N3O2S. The van der Waals surface area contributed by atoms with Crippen molar-refractivity contribution in [1.82, 2.24) is 9.88 Å². The Labute approximate surface area is 146 Å². The molecule has 6 heteroatoms. The largest absolute Gasteiger partial charge is 0.385 e. The van der Waals surface area contributed by atoms with E-state index in [2.05, 4.69) is 22.1 Å². The van der Waals surface area contributed by atoms with E-state index in [1.54, 1.807) is 6.92 Å². The van der Waals surface area contributed by atoms with Gasteiger partial charge in [-0.15, -0.1) is 11.3 Å². The van der Waals surface area contributed by atoms with Crippen LogP contribution in [0.2, 0.25) is 0 Å². The summed E-state index contributed by atoms with van der Waals surface area (Å²) in [6, 6.07) is 9.26. The van der Waals surface area contributed by atoms with E-state index in [1.165, 1.54) is 16.2 Å². The number of likely N-dealkylation sites (N-methyl/N-ethyl adjacent to an activating group) is 1. The van der Waals surface area contributed by atoms with Crippen molar-refractivity contribution >= 4 is 22.4 Å². The van der Waals surface area contributed by atoms with Crippen LogP contribution in [-0.2, 0) is 23.4 Å². The molecule has 1 atom stereocenters. The molecule has 1 aromatic heterocycles. The summed E-state index contributed by atoms with van der Waals surface area (Å²) in [5.74, 6) is -0.220. The van der Waals surface area contributed by atoms with Gasteiger partial charge in [0.25, 0.3) is 0 Å². The van der Waals surface area contributed by atoms with Gasteiger partial charge in [0.15, 0.2) is 5.13 Å². The quantitative estimate of drug-likeness (QED) is 0.874. The van der Waals surface area contributed by atoms with Crippen LogP contribution < -0.4 is 5.32 Å². The lowest BCUT2D eigenvalue weighted by molar-refractivity contribution is -0.120. The minimum atomic E-state index is -1.19. The number of aromatic nitrogens is 1. The van der Waals surface area contributed by atoms with E-state index >= 15 is 0 Å². The van der Waals surface area contributed by atoms with Crippen LogP contribution in [0.1, 0.15) is 36.4 Å². The van der Waals surface area contributed by atoms with E-state index in [9.17, 15) is 9.90 Å². The number of hydrogen-bond donors (Lipinski definition) is 2. The highest BCUT2D eigenvalue weighted by atomic mass is 32.1. The Morgan fingerprint density at radius 1 is 1.42 bits per heavy atom. The van der Waals surface area contributed by atoms with Crippen molar-refractivity contribution in [3.05, 3.63) is 46.5 Å². The van der Waals surface area contributed by atoms with Crippen LogP contribution in [0.3, 0.4) is 0 Å². The SMILES string of the molecule is CCN1CCc2nc(NC(=O)CC(C)(O)c3ccccc3)sc2C1. The van der Waals surface area contributed by atoms with Crippen molar-refractivity contribution in [2.24, 2.45) is 0 Å². The second-order valence-electron chi connectivity index (χ2n) is 6.37. The lowest BCUT2D eigenvalue weighted by Crippen LogP contribution is -2.29. The summed E-state index contributed by atoms with van der Waals surface area (Å²) in [7, 11) is 0. The molecule has 0 aliphatic carbocycles. The van der Waals surface area contributed by atoms with Crippen LogP contribution in [0.4, 0.5) is 5.13 Å². The van der Waals surface area contributed by atoms with E-state index in [0.717, 1.165) is 37.3 Å². The fraction of sp³-hybridized carbons (Fsp3) is 0.444. The van der Waals surface area contributed by atoms with Gasteiger partial charge in [-0.05, 0) is 19.0 Å². The van der Waals surface area contributed by atoms with Crippen LogP contribution in [0.25, 0.3) is 0 Å². The third kappa shape index (κ3) is 3.83. The Morgan fingerprint density at radius 2 is 2.17 bits per heavy atom. The maximum Gasteiger partial charge on any atom is 0.229 e. The van der Waals surface area contributed by atoms with E-state index in [4.69, 9.17) is 0 Å². The maximum atomic E-state index is 12.3. The number of nitrogens with one attached hydrogen (secondary N) is 1. The van der Waals surface area contributed by atoms with Crippen LogP contribution >= 0.6 is 11.3 Å². The second-order valence-corrected chi connectivity index (χ2v) is 7.46. The lowest BCUT2D eigenvalue weighted by atomic mass is 9.92. The summed E-state index contributed by atoms with van der Waals surface area (Å²) in [6.07, 6.45) is 0.930. The number of fused-ring (bicyclic) bond motifs is 1. The standard InChI is InChI=1S/C18H23N3O2S/c1-3-21-10-9-14-15(12-21)24-17(19-14)20-16(22)11-18(2,23)13-7-5-4-6-8-13/h4-8,23H,3,9-12H2,1-2H3,(H,19,20,22). The highest BCUT2D eigenvalue weighted by Crippen LogP contribution is 2.29. The number of carbonyl (C=O) groups excluding carboxylic acids is 1. The van der Waals surface area contributed by atoms with E-state index in [-0.39, 0.29) is 12.3 Å². The molecule has 0 radical (unpaired) electrons. The number of anilines is 1. The summed E-state index contributed by atoms with van der Waals surface area (Å²) >= 11 is 1.54. The van der Waals surface area contributed by atoms with E-state index in [1.807, 2.05) is 30.3 Å². The lowest BCUT2D eigenvalue weighted by Gasteiger charge is -2.23. The Balaban J connectivity index is 1.64. The number of rotatable bonds is 5. The smallest absolute Gasteiger partial charge is 0.229 e. The molecule has 1 aliphatic rings. The van der Waals surface area contributed by atoms with Gasteiger partial charge in [0.2, 0.25) is 5.91 Å². The monoisotopic (exact) mass is 345 g/mol. The van der Waals surface area contributed by atoms with Gasteiger partial charge in [0.05, 0.1) is 17.7 Å². The second kappa shape index (κ2) is 7.01. The molecule has 1 unspecified atom stereocenters. The molecule has 0 fully saturated rings. The third-order valence-corrected chi connectivity index (χ3v) is 5.40. The van der Waals surface area contributed by atoms with Gasteiger partial charge in [0.1, 0.15) is 0 Å². The van der Waals surface area contributed by atoms with Crippen molar-refractivity contribution in [2.75, 3.05) is 18.4 Å². The van der Waals surface area contributed by atoms with Gasteiger partial charge in [-0.25, -0.2) is 4.98 Å². The topological polar surface area (TPSA) is 65.5 Å². The fourth-order valence-corrected chi connectivity index (χ4v) is 4.01. The number of benzene rings is 1. The molecule has 0 spiro atoms. The number of thiazole rings is 1. The molecule has 1 aromatic carbocycles. The Bertz CT molecular complexity index is 712. The summed E-state index contributed by atoms with van der Waals surface area (Å²) in [5, 5.41) is 14.1. The average molecular weight is 345 g/mol. The predicted octanol–water partition coefficient (Wildman–Crippen LogP) is 2.76. The zero-order valence-corrected chi connectivity index (χ0v) is 14.9. The molecule has 2 N–H and O–H groups in total. The Hall–Kier alpha value is -1.76. The van der Waals surface area contributed by atoms with Crippen molar-refractivity contribution in [2.45, 2.75) is 38.8 Å². The molecule has 24 heavy (non-hydrogen) atoms. The number of carbonyl (C=O) groups is 1. The molecule has 3 rings (SSSR count). The van der Waals surface area contributed by atoms with Crippen molar-refractivity contribution in [1.29, 1.82) is 0 Å². The summed E-state index contributed by atoms with van der Waals surface area (Å²) < 4.78 is 0. The first kappa shape index (κ1) is 17.1. The van der Waals surface area contributed by atoms with Gasteiger partial charge in [-0.2, -0.15) is 0 Å². The van der Waals surface area contributed by atoms with Crippen molar-refractivity contribution < 1.29 is 9.90 Å². The minimum Gasteiger partial charge on any atom is -0.385 e. The first-order valence-electron chi connectivity index (χ1n) is 8.26. The number of hydrogen-bond acceptors (Lipinski definition) is 5. The first-order chi connectivity index (χ1) is 11.5. The molecule has 1 aliphatic heterocycles. The van der Waals surface area contributed by atoms with Crippen LogP contribution in [-0.4, -0.2) is 34.0 Å². The third-order valence-electron chi connectivity index (χ3n) is 4.40. The number of amides is 1. The number of nitrogens with zero attached hydrogens (tertiary/aromatic N) is 2. The van der Waals surface area contributed by atoms with E-state index < -0.39 is 5.60 Å². The van der Waals surface area contributed by atoms with Crippen molar-refractivity contribution in [3.8, 4) is 0 Å². The van der Waals surface area contributed by atoms with Gasteiger partial charge < -0.3 is 10.4 Å². The summed E-state index contributed by atoms with van der Waals surface area (Å²) in [4.78, 5) is 20.5. The molecule has 0 saturated heterocycles. The van der Waals surface area contributed by atoms with Gasteiger partial charge in [0, 0.05) is 24.4 Å². The van der Waals surface area contributed by atoms with Crippen LogP contribution in [0.5, 0.6) is 0 Å². The molecule has 0 saturated carbocycles. The highest BCUT2D eigenvalue weighted by Gasteiger charge is 2.27. The van der Waals surface area contributed by atoms with Crippen LogP contribution in [0, 0.1) is 0 Å². The van der Waals surface area contributed by atoms with Gasteiger partial charge >= 0.3 is 0 Å². The zero-order chi connectivity index (χ0) is 17.2. The molecule has 2 heterocycles. The molecule has 2 aromatic rings. The number of aliphatic hydroxyl groups is 1. The Kier molecular flexibility index (Phi) is 4.99. The van der Waals surface area contributed by atoms with Crippen molar-refractivity contribution in [3.63, 3.8) is 0 Å². The molecule has 128 valence electrons.